The minimum absolute atomic E-state index is 0.656. The van der Waals surface area contributed by atoms with Crippen LogP contribution in [0.3, 0.4) is 0 Å². The van der Waals surface area contributed by atoms with Crippen molar-refractivity contribution in [2.45, 2.75) is 31.8 Å². The highest BCUT2D eigenvalue weighted by Gasteiger charge is 2.25. The summed E-state index contributed by atoms with van der Waals surface area (Å²) in [5, 5.41) is 4.65. The molecule has 1 aromatic carbocycles. The van der Waals surface area contributed by atoms with Crippen molar-refractivity contribution in [2.24, 2.45) is 5.92 Å². The molecule has 1 aromatic heterocycles. The van der Waals surface area contributed by atoms with Crippen LogP contribution in [0.2, 0.25) is 5.02 Å². The number of likely N-dealkylation sites (tertiary alicyclic amines) is 1. The van der Waals surface area contributed by atoms with Gasteiger partial charge in [0.25, 0.3) is 0 Å². The lowest BCUT2D eigenvalue weighted by Gasteiger charge is -2.32. The first-order valence-electron chi connectivity index (χ1n) is 9.75. The van der Waals surface area contributed by atoms with Crippen LogP contribution in [0.15, 0.2) is 47.1 Å². The topological polar surface area (TPSA) is 31.6 Å². The van der Waals surface area contributed by atoms with Gasteiger partial charge in [0.05, 0.1) is 12.8 Å². The highest BCUT2D eigenvalue weighted by molar-refractivity contribution is 6.30. The van der Waals surface area contributed by atoms with Gasteiger partial charge in [-0.3, -0.25) is 4.90 Å². The molecule has 3 heterocycles. The van der Waals surface area contributed by atoms with Gasteiger partial charge in [-0.1, -0.05) is 17.7 Å². The number of hydrogen-bond acceptors (Lipinski definition) is 4. The van der Waals surface area contributed by atoms with E-state index >= 15 is 0 Å². The van der Waals surface area contributed by atoms with E-state index < -0.39 is 0 Å². The van der Waals surface area contributed by atoms with E-state index in [1.54, 1.807) is 6.26 Å². The van der Waals surface area contributed by atoms with E-state index in [0.29, 0.717) is 6.04 Å². The summed E-state index contributed by atoms with van der Waals surface area (Å²) in [5.74, 6) is 1.80. The Morgan fingerprint density at radius 3 is 2.73 bits per heavy atom. The minimum atomic E-state index is 0.656. The molecule has 4 rings (SSSR count). The summed E-state index contributed by atoms with van der Waals surface area (Å²) in [4.78, 5) is 4.96. The molecule has 0 amide bonds. The van der Waals surface area contributed by atoms with Gasteiger partial charge in [-0.15, -0.1) is 0 Å². The van der Waals surface area contributed by atoms with Crippen molar-refractivity contribution in [1.82, 2.24) is 10.2 Å². The van der Waals surface area contributed by atoms with Gasteiger partial charge in [-0.05, 0) is 62.1 Å². The Bertz CT molecular complexity index is 682. The number of rotatable bonds is 6. The molecule has 0 radical (unpaired) electrons. The molecule has 140 valence electrons. The Balaban J connectivity index is 1.17. The van der Waals surface area contributed by atoms with E-state index in [0.717, 1.165) is 56.0 Å². The first-order chi connectivity index (χ1) is 12.8. The van der Waals surface area contributed by atoms with Crippen LogP contribution in [0.1, 0.15) is 25.0 Å². The molecular weight excluding hydrogens is 346 g/mol. The monoisotopic (exact) mass is 373 g/mol. The fraction of sp³-hybridized carbons (Fsp3) is 0.524. The van der Waals surface area contributed by atoms with Crippen LogP contribution in [0.4, 0.5) is 5.69 Å². The van der Waals surface area contributed by atoms with Crippen molar-refractivity contribution in [2.75, 3.05) is 37.6 Å². The zero-order valence-corrected chi connectivity index (χ0v) is 16.0. The maximum Gasteiger partial charge on any atom is 0.117 e. The third-order valence-electron chi connectivity index (χ3n) is 5.70. The average molecular weight is 374 g/mol. The molecule has 2 fully saturated rings. The molecule has 2 aromatic rings. The molecular formula is C21H28ClN3O. The summed E-state index contributed by atoms with van der Waals surface area (Å²) in [6, 6.07) is 12.9. The van der Waals surface area contributed by atoms with E-state index in [1.165, 1.54) is 24.9 Å². The summed E-state index contributed by atoms with van der Waals surface area (Å²) in [5.41, 5.74) is 1.26. The maximum atomic E-state index is 6.13. The van der Waals surface area contributed by atoms with Crippen LogP contribution in [-0.2, 0) is 6.54 Å². The fourth-order valence-electron chi connectivity index (χ4n) is 4.16. The predicted molar refractivity (Wildman–Crippen MR) is 107 cm³/mol. The number of piperidine rings is 1. The summed E-state index contributed by atoms with van der Waals surface area (Å²) < 4.78 is 5.46. The smallest absolute Gasteiger partial charge is 0.117 e. The van der Waals surface area contributed by atoms with Crippen LogP contribution in [0.5, 0.6) is 0 Å². The van der Waals surface area contributed by atoms with Crippen molar-refractivity contribution < 1.29 is 4.42 Å². The highest BCUT2D eigenvalue weighted by atomic mass is 35.5. The van der Waals surface area contributed by atoms with Gasteiger partial charge in [-0.2, -0.15) is 0 Å². The molecule has 2 aliphatic heterocycles. The fourth-order valence-corrected chi connectivity index (χ4v) is 4.34. The molecule has 0 aliphatic carbocycles. The van der Waals surface area contributed by atoms with Crippen molar-refractivity contribution >= 4 is 17.3 Å². The first-order valence-corrected chi connectivity index (χ1v) is 10.1. The molecule has 2 saturated heterocycles. The maximum absolute atomic E-state index is 6.13. The number of benzene rings is 1. The van der Waals surface area contributed by atoms with Crippen LogP contribution in [0, 0.1) is 5.92 Å². The molecule has 1 N–H and O–H groups in total. The number of halogens is 1. The Kier molecular flexibility index (Phi) is 5.83. The molecule has 5 heteroatoms. The van der Waals surface area contributed by atoms with E-state index in [1.807, 2.05) is 18.2 Å². The molecule has 26 heavy (non-hydrogen) atoms. The SMILES string of the molecule is Clc1cccc(N2CCC(CNC3CCN(Cc4ccco4)CC3)C2)c1. The Hall–Kier alpha value is -1.49. The van der Waals surface area contributed by atoms with Gasteiger partial charge in [0.15, 0.2) is 0 Å². The standard InChI is InChI=1S/C21H28ClN3O/c22-18-3-1-4-20(13-18)25-11-6-17(15-25)14-23-19-7-9-24(10-8-19)16-21-5-2-12-26-21/h1-5,12-13,17,19,23H,6-11,14-16H2. The summed E-state index contributed by atoms with van der Waals surface area (Å²) in [7, 11) is 0. The molecule has 4 nitrogen and oxygen atoms in total. The Labute approximate surface area is 161 Å². The zero-order chi connectivity index (χ0) is 17.8. The van der Waals surface area contributed by atoms with Crippen LogP contribution < -0.4 is 10.2 Å². The quantitative estimate of drug-likeness (QED) is 0.828. The number of anilines is 1. The van der Waals surface area contributed by atoms with E-state index in [2.05, 4.69) is 33.3 Å². The number of hydrogen-bond donors (Lipinski definition) is 1. The van der Waals surface area contributed by atoms with Crippen LogP contribution in [0.25, 0.3) is 0 Å². The summed E-state index contributed by atoms with van der Waals surface area (Å²) in [6.45, 7) is 6.63. The van der Waals surface area contributed by atoms with E-state index in [9.17, 15) is 0 Å². The van der Waals surface area contributed by atoms with Crippen LogP contribution in [-0.4, -0.2) is 43.7 Å². The van der Waals surface area contributed by atoms with Crippen LogP contribution >= 0.6 is 11.6 Å². The zero-order valence-electron chi connectivity index (χ0n) is 15.2. The molecule has 0 bridgehead atoms. The lowest BCUT2D eigenvalue weighted by molar-refractivity contribution is 0.177. The molecule has 0 saturated carbocycles. The average Bonchev–Trinajstić information content (AvgIpc) is 3.33. The first kappa shape index (κ1) is 17.9. The Morgan fingerprint density at radius 2 is 1.96 bits per heavy atom. The van der Waals surface area contributed by atoms with Crippen molar-refractivity contribution in [3.63, 3.8) is 0 Å². The number of nitrogens with one attached hydrogen (secondary N) is 1. The van der Waals surface area contributed by atoms with Gasteiger partial charge in [0, 0.05) is 42.9 Å². The summed E-state index contributed by atoms with van der Waals surface area (Å²) >= 11 is 6.13. The third-order valence-corrected chi connectivity index (χ3v) is 5.94. The molecule has 2 aliphatic rings. The molecule has 0 spiro atoms. The van der Waals surface area contributed by atoms with Gasteiger partial charge in [0.2, 0.25) is 0 Å². The molecule has 1 atom stereocenters. The number of furan rings is 1. The van der Waals surface area contributed by atoms with Gasteiger partial charge in [0.1, 0.15) is 5.76 Å². The molecule has 1 unspecified atom stereocenters. The third kappa shape index (κ3) is 4.61. The van der Waals surface area contributed by atoms with Gasteiger partial charge in [-0.25, -0.2) is 0 Å². The second kappa shape index (κ2) is 8.47. The van der Waals surface area contributed by atoms with E-state index in [4.69, 9.17) is 16.0 Å². The van der Waals surface area contributed by atoms with Gasteiger partial charge < -0.3 is 14.6 Å². The predicted octanol–water partition coefficient (Wildman–Crippen LogP) is 4.01. The van der Waals surface area contributed by atoms with Crippen molar-refractivity contribution in [3.05, 3.63) is 53.4 Å². The van der Waals surface area contributed by atoms with Crippen molar-refractivity contribution in [3.8, 4) is 0 Å². The van der Waals surface area contributed by atoms with Gasteiger partial charge >= 0.3 is 0 Å². The van der Waals surface area contributed by atoms with E-state index in [-0.39, 0.29) is 0 Å². The lowest BCUT2D eigenvalue weighted by atomic mass is 10.0. The second-order valence-electron chi connectivity index (χ2n) is 7.62. The second-order valence-corrected chi connectivity index (χ2v) is 8.06. The number of nitrogens with zero attached hydrogens (tertiary/aromatic N) is 2. The largest absolute Gasteiger partial charge is 0.468 e. The minimum Gasteiger partial charge on any atom is -0.468 e. The Morgan fingerprint density at radius 1 is 1.08 bits per heavy atom. The van der Waals surface area contributed by atoms with Crippen molar-refractivity contribution in [1.29, 1.82) is 0 Å². The highest BCUT2D eigenvalue weighted by Crippen LogP contribution is 2.26. The lowest BCUT2D eigenvalue weighted by Crippen LogP contribution is -2.43. The summed E-state index contributed by atoms with van der Waals surface area (Å²) in [6.07, 6.45) is 5.48. The normalized spacial score (nSPS) is 22.2.